The normalized spacial score (nSPS) is 21.8. The maximum atomic E-state index is 14.3. The standard InChI is InChI=1S/C17H19FN4O5/c1-27-13-3-2-11-15(21-13)14(10(18)7-19-11)22-16(24)8-4-9(12(23)5-8)6-20-17(25)26/h2-3,7-9,12,20,23H,4-6H2,1H3,(H,25,26)(H,19,22,24)/t8-,9+,12+/m0/s1. The smallest absolute Gasteiger partial charge is 0.404 e. The molecule has 3 rings (SSSR count). The van der Waals surface area contributed by atoms with Crippen molar-refractivity contribution in [2.24, 2.45) is 11.8 Å². The average molecular weight is 378 g/mol. The number of hydrogen-bond acceptors (Lipinski definition) is 6. The summed E-state index contributed by atoms with van der Waals surface area (Å²) < 4.78 is 19.3. The van der Waals surface area contributed by atoms with Gasteiger partial charge in [0.05, 0.1) is 24.9 Å². The van der Waals surface area contributed by atoms with Gasteiger partial charge in [-0.15, -0.1) is 0 Å². The van der Waals surface area contributed by atoms with E-state index in [9.17, 15) is 19.1 Å². The molecule has 0 saturated heterocycles. The minimum Gasteiger partial charge on any atom is -0.481 e. The number of anilines is 1. The van der Waals surface area contributed by atoms with Gasteiger partial charge in [-0.05, 0) is 18.9 Å². The molecule has 144 valence electrons. The zero-order valence-corrected chi connectivity index (χ0v) is 14.5. The predicted molar refractivity (Wildman–Crippen MR) is 92.9 cm³/mol. The molecule has 0 unspecified atom stereocenters. The molecule has 27 heavy (non-hydrogen) atoms. The molecule has 1 fully saturated rings. The lowest BCUT2D eigenvalue weighted by Crippen LogP contribution is -2.31. The van der Waals surface area contributed by atoms with Crippen molar-refractivity contribution in [3.05, 3.63) is 24.1 Å². The lowest BCUT2D eigenvalue weighted by atomic mass is 10.0. The van der Waals surface area contributed by atoms with Crippen molar-refractivity contribution in [1.29, 1.82) is 0 Å². The molecule has 2 heterocycles. The van der Waals surface area contributed by atoms with Crippen LogP contribution in [0.2, 0.25) is 0 Å². The molecule has 2 aromatic heterocycles. The van der Waals surface area contributed by atoms with Crippen molar-refractivity contribution in [1.82, 2.24) is 15.3 Å². The van der Waals surface area contributed by atoms with Gasteiger partial charge in [-0.3, -0.25) is 9.78 Å². The van der Waals surface area contributed by atoms with Crippen molar-refractivity contribution in [3.63, 3.8) is 0 Å². The first-order valence-corrected chi connectivity index (χ1v) is 8.34. The average Bonchev–Trinajstić information content (AvgIpc) is 3.02. The lowest BCUT2D eigenvalue weighted by molar-refractivity contribution is -0.119. The number of aliphatic hydroxyl groups is 1. The third-order valence-electron chi connectivity index (χ3n) is 4.64. The fourth-order valence-corrected chi connectivity index (χ4v) is 3.24. The topological polar surface area (TPSA) is 134 Å². The van der Waals surface area contributed by atoms with Crippen LogP contribution in [-0.2, 0) is 4.79 Å². The second kappa shape index (κ2) is 7.70. The molecule has 2 amide bonds. The summed E-state index contributed by atoms with van der Waals surface area (Å²) in [5, 5.41) is 23.5. The summed E-state index contributed by atoms with van der Waals surface area (Å²) in [7, 11) is 1.42. The Kier molecular flexibility index (Phi) is 5.36. The Morgan fingerprint density at radius 1 is 1.37 bits per heavy atom. The number of nitrogens with zero attached hydrogens (tertiary/aromatic N) is 2. The third kappa shape index (κ3) is 4.05. The van der Waals surface area contributed by atoms with Crippen molar-refractivity contribution in [3.8, 4) is 5.88 Å². The van der Waals surface area contributed by atoms with Gasteiger partial charge in [0.1, 0.15) is 11.2 Å². The van der Waals surface area contributed by atoms with Crippen LogP contribution < -0.4 is 15.4 Å². The SMILES string of the molecule is COc1ccc2ncc(F)c(NC(=O)[C@H]3C[C@H](CNC(=O)O)[C@H](O)C3)c2n1. The monoisotopic (exact) mass is 378 g/mol. The highest BCUT2D eigenvalue weighted by atomic mass is 19.1. The Bertz CT molecular complexity index is 878. The molecule has 1 saturated carbocycles. The Morgan fingerprint density at radius 3 is 2.85 bits per heavy atom. The van der Waals surface area contributed by atoms with E-state index in [1.54, 1.807) is 12.1 Å². The number of carbonyl (C=O) groups excluding carboxylic acids is 1. The van der Waals surface area contributed by atoms with Crippen LogP contribution in [0.15, 0.2) is 18.3 Å². The lowest BCUT2D eigenvalue weighted by Gasteiger charge is -2.14. The van der Waals surface area contributed by atoms with Crippen LogP contribution in [0.4, 0.5) is 14.9 Å². The molecule has 0 aliphatic heterocycles. The molecule has 0 bridgehead atoms. The van der Waals surface area contributed by atoms with Gasteiger partial charge in [-0.25, -0.2) is 14.2 Å². The zero-order chi connectivity index (χ0) is 19.6. The maximum absolute atomic E-state index is 14.3. The summed E-state index contributed by atoms with van der Waals surface area (Å²) in [5.41, 5.74) is 0.443. The Morgan fingerprint density at radius 2 is 2.15 bits per heavy atom. The molecule has 1 aliphatic carbocycles. The number of carboxylic acid groups (broad SMARTS) is 1. The van der Waals surface area contributed by atoms with Crippen molar-refractivity contribution >= 4 is 28.7 Å². The minimum absolute atomic E-state index is 0.0472. The van der Waals surface area contributed by atoms with E-state index in [0.29, 0.717) is 5.52 Å². The number of hydrogen-bond donors (Lipinski definition) is 4. The van der Waals surface area contributed by atoms with Crippen molar-refractivity contribution < 1.29 is 28.9 Å². The first-order valence-electron chi connectivity index (χ1n) is 8.34. The van der Waals surface area contributed by atoms with Crippen LogP contribution in [0.5, 0.6) is 5.88 Å². The van der Waals surface area contributed by atoms with Gasteiger partial charge in [0, 0.05) is 24.4 Å². The van der Waals surface area contributed by atoms with Gasteiger partial charge in [0.15, 0.2) is 5.82 Å². The summed E-state index contributed by atoms with van der Waals surface area (Å²) >= 11 is 0. The van der Waals surface area contributed by atoms with Crippen LogP contribution in [0.25, 0.3) is 11.0 Å². The molecule has 4 N–H and O–H groups in total. The molecular formula is C17H19FN4O5. The number of pyridine rings is 2. The van der Waals surface area contributed by atoms with E-state index in [1.165, 1.54) is 7.11 Å². The van der Waals surface area contributed by atoms with E-state index in [1.807, 2.05) is 0 Å². The predicted octanol–water partition coefficient (Wildman–Crippen LogP) is 1.37. The Balaban J connectivity index is 1.78. The van der Waals surface area contributed by atoms with Gasteiger partial charge in [-0.1, -0.05) is 0 Å². The van der Waals surface area contributed by atoms with Crippen LogP contribution in [0, 0.1) is 17.7 Å². The highest BCUT2D eigenvalue weighted by molar-refractivity contribution is 6.00. The molecule has 0 radical (unpaired) electrons. The number of aliphatic hydroxyl groups excluding tert-OH is 1. The molecule has 0 aromatic carbocycles. The van der Waals surface area contributed by atoms with Gasteiger partial charge < -0.3 is 25.6 Å². The summed E-state index contributed by atoms with van der Waals surface area (Å²) in [6, 6.07) is 3.18. The number of ether oxygens (including phenoxy) is 1. The fraction of sp³-hybridized carbons (Fsp3) is 0.412. The fourth-order valence-electron chi connectivity index (χ4n) is 3.24. The molecule has 3 atom stereocenters. The van der Waals surface area contributed by atoms with Crippen LogP contribution in [0.1, 0.15) is 12.8 Å². The minimum atomic E-state index is -1.19. The van der Waals surface area contributed by atoms with Crippen LogP contribution in [-0.4, -0.2) is 51.9 Å². The van der Waals surface area contributed by atoms with E-state index in [-0.39, 0.29) is 42.4 Å². The van der Waals surface area contributed by atoms with Crippen LogP contribution >= 0.6 is 0 Å². The van der Waals surface area contributed by atoms with E-state index in [2.05, 4.69) is 20.6 Å². The van der Waals surface area contributed by atoms with Gasteiger partial charge in [0.25, 0.3) is 0 Å². The van der Waals surface area contributed by atoms with Crippen molar-refractivity contribution in [2.75, 3.05) is 19.0 Å². The number of fused-ring (bicyclic) bond motifs is 1. The molecular weight excluding hydrogens is 359 g/mol. The van der Waals surface area contributed by atoms with Crippen molar-refractivity contribution in [2.45, 2.75) is 18.9 Å². The number of halogens is 1. The number of nitrogens with one attached hydrogen (secondary N) is 2. The van der Waals surface area contributed by atoms with Crippen LogP contribution in [0.3, 0.4) is 0 Å². The summed E-state index contributed by atoms with van der Waals surface area (Å²) in [5.74, 6) is -1.91. The largest absolute Gasteiger partial charge is 0.481 e. The number of methoxy groups -OCH3 is 1. The Labute approximate surface area is 153 Å². The van der Waals surface area contributed by atoms with Gasteiger partial charge >= 0.3 is 6.09 Å². The van der Waals surface area contributed by atoms with E-state index < -0.39 is 29.8 Å². The number of aromatic nitrogens is 2. The summed E-state index contributed by atoms with van der Waals surface area (Å²) in [6.07, 6.45) is -0.562. The second-order valence-electron chi connectivity index (χ2n) is 6.37. The zero-order valence-electron chi connectivity index (χ0n) is 14.5. The second-order valence-corrected chi connectivity index (χ2v) is 6.37. The first-order chi connectivity index (χ1) is 12.9. The third-order valence-corrected chi connectivity index (χ3v) is 4.64. The highest BCUT2D eigenvalue weighted by Crippen LogP contribution is 2.33. The van der Waals surface area contributed by atoms with E-state index in [0.717, 1.165) is 6.20 Å². The summed E-state index contributed by atoms with van der Waals surface area (Å²) in [6.45, 7) is 0.0472. The van der Waals surface area contributed by atoms with Gasteiger partial charge in [-0.2, -0.15) is 0 Å². The van der Waals surface area contributed by atoms with E-state index in [4.69, 9.17) is 9.84 Å². The summed E-state index contributed by atoms with van der Waals surface area (Å²) in [4.78, 5) is 31.3. The molecule has 2 aromatic rings. The molecule has 9 nitrogen and oxygen atoms in total. The maximum Gasteiger partial charge on any atom is 0.404 e. The quantitative estimate of drug-likeness (QED) is 0.617. The molecule has 0 spiro atoms. The molecule has 1 aliphatic rings. The van der Waals surface area contributed by atoms with Gasteiger partial charge in [0.2, 0.25) is 11.8 Å². The number of rotatable bonds is 5. The first kappa shape index (κ1) is 18.8. The molecule has 10 heteroatoms. The number of amides is 2. The Hall–Kier alpha value is -3.01. The number of carbonyl (C=O) groups is 2. The van der Waals surface area contributed by atoms with E-state index >= 15 is 0 Å². The highest BCUT2D eigenvalue weighted by Gasteiger charge is 2.37.